The number of Topliss-reactive ketones (excluding diaryl/α,β-unsaturated/α-hetero) is 1. The van der Waals surface area contributed by atoms with Crippen LogP contribution in [0.1, 0.15) is 29.6 Å². The molecule has 0 spiro atoms. The predicted octanol–water partition coefficient (Wildman–Crippen LogP) is 1.30. The fourth-order valence-corrected chi connectivity index (χ4v) is 2.05. The van der Waals surface area contributed by atoms with Gasteiger partial charge in [-0.15, -0.1) is 0 Å². The van der Waals surface area contributed by atoms with Crippen LogP contribution in [0.3, 0.4) is 0 Å². The molecule has 1 heterocycles. The quantitative estimate of drug-likeness (QED) is 0.408. The van der Waals surface area contributed by atoms with Crippen molar-refractivity contribution in [3.63, 3.8) is 0 Å². The van der Waals surface area contributed by atoms with Crippen molar-refractivity contribution in [2.45, 2.75) is 25.3 Å². The van der Waals surface area contributed by atoms with Crippen LogP contribution in [0.2, 0.25) is 0 Å². The Balaban J connectivity index is 2.10. The van der Waals surface area contributed by atoms with Crippen molar-refractivity contribution < 1.29 is 9.90 Å². The van der Waals surface area contributed by atoms with Crippen LogP contribution in [0.5, 0.6) is 5.75 Å². The lowest BCUT2D eigenvalue weighted by molar-refractivity contribution is 0.0972. The molecule has 86 valence electrons. The summed E-state index contributed by atoms with van der Waals surface area (Å²) in [4.78, 5) is 11.9. The molecule has 0 bridgehead atoms. The van der Waals surface area contributed by atoms with Crippen molar-refractivity contribution in [3.8, 4) is 5.75 Å². The highest BCUT2D eigenvalue weighted by Gasteiger charge is 2.20. The van der Waals surface area contributed by atoms with Crippen LogP contribution in [0.4, 0.5) is 5.69 Å². The maximum absolute atomic E-state index is 11.9. The maximum atomic E-state index is 11.9. The summed E-state index contributed by atoms with van der Waals surface area (Å²) < 4.78 is 0. The number of carbonyl (C=O) groups excluding carboxylic acids is 1. The number of hydrogen-bond donors (Lipinski definition) is 3. The van der Waals surface area contributed by atoms with Gasteiger partial charge in [-0.05, 0) is 37.6 Å². The molecular weight excluding hydrogens is 204 g/mol. The Kier molecular flexibility index (Phi) is 3.10. The van der Waals surface area contributed by atoms with Crippen molar-refractivity contribution in [2.24, 2.45) is 0 Å². The summed E-state index contributed by atoms with van der Waals surface area (Å²) in [5.41, 5.74) is 6.57. The van der Waals surface area contributed by atoms with Gasteiger partial charge in [-0.3, -0.25) is 4.79 Å². The molecule has 4 N–H and O–H groups in total. The normalized spacial score (nSPS) is 19.9. The Bertz CT molecular complexity index is 398. The molecule has 1 aromatic rings. The van der Waals surface area contributed by atoms with Crippen molar-refractivity contribution in [1.29, 1.82) is 0 Å². The van der Waals surface area contributed by atoms with E-state index in [1.807, 2.05) is 0 Å². The van der Waals surface area contributed by atoms with Gasteiger partial charge in [-0.2, -0.15) is 0 Å². The third kappa shape index (κ3) is 2.33. The standard InChI is InChI=1S/C12H16N2O2/c13-11-4-3-9(15)7-10(11)12(16)6-8-2-1-5-14-8/h3-4,7-8,14-15H,1-2,5-6,13H2. The predicted molar refractivity (Wildman–Crippen MR) is 62.5 cm³/mol. The molecule has 0 radical (unpaired) electrons. The number of phenols is 1. The van der Waals surface area contributed by atoms with Crippen LogP contribution in [-0.2, 0) is 0 Å². The average Bonchev–Trinajstić information content (AvgIpc) is 2.74. The van der Waals surface area contributed by atoms with E-state index in [-0.39, 0.29) is 17.6 Å². The van der Waals surface area contributed by atoms with Crippen LogP contribution in [0.25, 0.3) is 0 Å². The van der Waals surface area contributed by atoms with E-state index in [2.05, 4.69) is 5.32 Å². The zero-order valence-electron chi connectivity index (χ0n) is 9.07. The number of aromatic hydroxyl groups is 1. The minimum atomic E-state index is -0.00667. The Labute approximate surface area is 94.5 Å². The largest absolute Gasteiger partial charge is 0.508 e. The van der Waals surface area contributed by atoms with E-state index in [4.69, 9.17) is 5.73 Å². The SMILES string of the molecule is Nc1ccc(O)cc1C(=O)CC1CCCN1. The first kappa shape index (κ1) is 11.0. The van der Waals surface area contributed by atoms with Gasteiger partial charge in [0.25, 0.3) is 0 Å². The first-order valence-electron chi connectivity index (χ1n) is 5.52. The van der Waals surface area contributed by atoms with Gasteiger partial charge < -0.3 is 16.2 Å². The Morgan fingerprint density at radius 2 is 2.38 bits per heavy atom. The minimum Gasteiger partial charge on any atom is -0.508 e. The number of rotatable bonds is 3. The monoisotopic (exact) mass is 220 g/mol. The van der Waals surface area contributed by atoms with E-state index in [0.29, 0.717) is 17.7 Å². The molecule has 1 aromatic carbocycles. The molecule has 16 heavy (non-hydrogen) atoms. The molecule has 2 rings (SSSR count). The molecule has 1 aliphatic rings. The smallest absolute Gasteiger partial charge is 0.166 e. The Morgan fingerprint density at radius 1 is 1.56 bits per heavy atom. The van der Waals surface area contributed by atoms with Crippen molar-refractivity contribution in [1.82, 2.24) is 5.32 Å². The second-order valence-electron chi connectivity index (χ2n) is 4.19. The number of nitrogen functional groups attached to an aromatic ring is 1. The van der Waals surface area contributed by atoms with Crippen LogP contribution >= 0.6 is 0 Å². The molecule has 1 fully saturated rings. The summed E-state index contributed by atoms with van der Waals surface area (Å²) in [6.45, 7) is 0.980. The highest BCUT2D eigenvalue weighted by atomic mass is 16.3. The maximum Gasteiger partial charge on any atom is 0.166 e. The fourth-order valence-electron chi connectivity index (χ4n) is 2.05. The van der Waals surface area contributed by atoms with Crippen LogP contribution in [-0.4, -0.2) is 23.5 Å². The summed E-state index contributed by atoms with van der Waals surface area (Å²) >= 11 is 0. The van der Waals surface area contributed by atoms with Crippen LogP contribution in [0.15, 0.2) is 18.2 Å². The molecule has 0 saturated carbocycles. The van der Waals surface area contributed by atoms with Gasteiger partial charge in [0.1, 0.15) is 5.75 Å². The zero-order valence-corrected chi connectivity index (χ0v) is 9.07. The second kappa shape index (κ2) is 4.53. The molecule has 1 unspecified atom stereocenters. The lowest BCUT2D eigenvalue weighted by Gasteiger charge is -2.10. The number of hydrogen-bond acceptors (Lipinski definition) is 4. The molecule has 1 aliphatic heterocycles. The number of anilines is 1. The van der Waals surface area contributed by atoms with Gasteiger partial charge in [0.05, 0.1) is 0 Å². The molecule has 4 nitrogen and oxygen atoms in total. The first-order chi connectivity index (χ1) is 7.66. The number of carbonyl (C=O) groups is 1. The molecule has 0 aromatic heterocycles. The lowest BCUT2D eigenvalue weighted by atomic mass is 10.0. The van der Waals surface area contributed by atoms with Crippen LogP contribution < -0.4 is 11.1 Å². The van der Waals surface area contributed by atoms with E-state index in [9.17, 15) is 9.90 Å². The van der Waals surface area contributed by atoms with Gasteiger partial charge in [0.15, 0.2) is 5.78 Å². The molecule has 4 heteroatoms. The summed E-state index contributed by atoms with van der Waals surface area (Å²) in [5, 5.41) is 12.6. The number of ketones is 1. The summed E-state index contributed by atoms with van der Waals surface area (Å²) in [6, 6.07) is 4.74. The zero-order chi connectivity index (χ0) is 11.5. The van der Waals surface area contributed by atoms with E-state index >= 15 is 0 Å². The van der Waals surface area contributed by atoms with E-state index in [1.165, 1.54) is 12.1 Å². The first-order valence-corrected chi connectivity index (χ1v) is 5.52. The van der Waals surface area contributed by atoms with Gasteiger partial charge in [0, 0.05) is 23.7 Å². The van der Waals surface area contributed by atoms with E-state index in [1.54, 1.807) is 6.07 Å². The third-order valence-electron chi connectivity index (χ3n) is 2.93. The van der Waals surface area contributed by atoms with Gasteiger partial charge in [-0.25, -0.2) is 0 Å². The van der Waals surface area contributed by atoms with E-state index < -0.39 is 0 Å². The molecule has 1 atom stereocenters. The van der Waals surface area contributed by atoms with E-state index in [0.717, 1.165) is 19.4 Å². The lowest BCUT2D eigenvalue weighted by Crippen LogP contribution is -2.24. The topological polar surface area (TPSA) is 75.3 Å². The Morgan fingerprint density at radius 3 is 3.06 bits per heavy atom. The third-order valence-corrected chi connectivity index (χ3v) is 2.93. The summed E-state index contributed by atoms with van der Waals surface area (Å²) in [7, 11) is 0. The number of benzene rings is 1. The molecule has 0 amide bonds. The van der Waals surface area contributed by atoms with Gasteiger partial charge >= 0.3 is 0 Å². The number of nitrogens with two attached hydrogens (primary N) is 1. The fraction of sp³-hybridized carbons (Fsp3) is 0.417. The molecule has 1 saturated heterocycles. The van der Waals surface area contributed by atoms with Crippen LogP contribution in [0, 0.1) is 0 Å². The summed E-state index contributed by atoms with van der Waals surface area (Å²) in [6.07, 6.45) is 2.60. The van der Waals surface area contributed by atoms with Crippen molar-refractivity contribution >= 4 is 11.5 Å². The minimum absolute atomic E-state index is 0.00667. The number of phenolic OH excluding ortho intramolecular Hbond substituents is 1. The highest BCUT2D eigenvalue weighted by molar-refractivity contribution is 6.01. The van der Waals surface area contributed by atoms with Gasteiger partial charge in [0.2, 0.25) is 0 Å². The average molecular weight is 220 g/mol. The molecule has 0 aliphatic carbocycles. The molecular formula is C12H16N2O2. The number of nitrogens with one attached hydrogen (secondary N) is 1. The Hall–Kier alpha value is -1.55. The second-order valence-corrected chi connectivity index (χ2v) is 4.19. The van der Waals surface area contributed by atoms with Crippen molar-refractivity contribution in [2.75, 3.05) is 12.3 Å². The van der Waals surface area contributed by atoms with Crippen molar-refractivity contribution in [3.05, 3.63) is 23.8 Å². The van der Waals surface area contributed by atoms with Gasteiger partial charge in [-0.1, -0.05) is 0 Å². The highest BCUT2D eigenvalue weighted by Crippen LogP contribution is 2.21. The summed E-state index contributed by atoms with van der Waals surface area (Å²) in [5.74, 6) is 0.0738.